The number of benzene rings is 2. The molecule has 23 heavy (non-hydrogen) atoms. The van der Waals surface area contributed by atoms with Crippen molar-refractivity contribution < 1.29 is 14.3 Å². The van der Waals surface area contributed by atoms with E-state index in [-0.39, 0.29) is 17.9 Å². The standard InChI is InChI=1S/C19H21NO3/c1-11-8-9-17(22-4)16(10-11)20-19(21)15-7-5-6-14-12(2)13(3)23-18(14)15/h5-10,12-13H,1-4H3,(H,20,21). The number of hydrogen-bond donors (Lipinski definition) is 1. The fourth-order valence-electron chi connectivity index (χ4n) is 2.87. The van der Waals surface area contributed by atoms with Crippen LogP contribution in [0, 0.1) is 6.92 Å². The predicted molar refractivity (Wildman–Crippen MR) is 90.6 cm³/mol. The largest absolute Gasteiger partial charge is 0.495 e. The highest BCUT2D eigenvalue weighted by molar-refractivity contribution is 6.07. The lowest BCUT2D eigenvalue weighted by atomic mass is 9.97. The fourth-order valence-corrected chi connectivity index (χ4v) is 2.87. The summed E-state index contributed by atoms with van der Waals surface area (Å²) in [6.45, 7) is 6.11. The van der Waals surface area contributed by atoms with Gasteiger partial charge in [0.25, 0.3) is 5.91 Å². The molecule has 4 heteroatoms. The van der Waals surface area contributed by atoms with Crippen LogP contribution >= 0.6 is 0 Å². The van der Waals surface area contributed by atoms with E-state index < -0.39 is 0 Å². The lowest BCUT2D eigenvalue weighted by molar-refractivity contribution is 0.102. The number of amides is 1. The number of aryl methyl sites for hydroxylation is 1. The van der Waals surface area contributed by atoms with Gasteiger partial charge in [0.2, 0.25) is 0 Å². The zero-order chi connectivity index (χ0) is 16.6. The Morgan fingerprint density at radius 3 is 2.74 bits per heavy atom. The Bertz CT molecular complexity index is 754. The van der Waals surface area contributed by atoms with Gasteiger partial charge in [-0.3, -0.25) is 4.79 Å². The van der Waals surface area contributed by atoms with E-state index in [1.54, 1.807) is 13.2 Å². The van der Waals surface area contributed by atoms with E-state index in [0.717, 1.165) is 11.1 Å². The first-order valence-corrected chi connectivity index (χ1v) is 7.77. The molecule has 2 aromatic carbocycles. The Hall–Kier alpha value is -2.49. The van der Waals surface area contributed by atoms with Gasteiger partial charge in [0.1, 0.15) is 17.6 Å². The topological polar surface area (TPSA) is 47.6 Å². The number of para-hydroxylation sites is 1. The second kappa shape index (κ2) is 5.95. The quantitative estimate of drug-likeness (QED) is 0.926. The summed E-state index contributed by atoms with van der Waals surface area (Å²) in [5.41, 5.74) is 3.36. The second-order valence-corrected chi connectivity index (χ2v) is 5.99. The Balaban J connectivity index is 1.93. The number of rotatable bonds is 3. The summed E-state index contributed by atoms with van der Waals surface area (Å²) in [4.78, 5) is 12.7. The van der Waals surface area contributed by atoms with Crippen LogP contribution in [0.5, 0.6) is 11.5 Å². The van der Waals surface area contributed by atoms with E-state index in [4.69, 9.17) is 9.47 Å². The van der Waals surface area contributed by atoms with Gasteiger partial charge in [-0.25, -0.2) is 0 Å². The molecule has 0 aromatic heterocycles. The van der Waals surface area contributed by atoms with Crippen LogP contribution in [0.4, 0.5) is 5.69 Å². The van der Waals surface area contributed by atoms with E-state index >= 15 is 0 Å². The van der Waals surface area contributed by atoms with E-state index in [0.29, 0.717) is 22.7 Å². The van der Waals surface area contributed by atoms with Gasteiger partial charge in [-0.1, -0.05) is 25.1 Å². The number of nitrogens with one attached hydrogen (secondary N) is 1. The molecule has 0 saturated carbocycles. The molecule has 0 fully saturated rings. The van der Waals surface area contributed by atoms with Crippen LogP contribution in [0.15, 0.2) is 36.4 Å². The summed E-state index contributed by atoms with van der Waals surface area (Å²) in [6.07, 6.45) is 0.0763. The number of carbonyl (C=O) groups excluding carboxylic acids is 1. The molecule has 0 saturated heterocycles. The molecule has 0 aliphatic carbocycles. The molecule has 1 N–H and O–H groups in total. The molecule has 2 atom stereocenters. The summed E-state index contributed by atoms with van der Waals surface area (Å²) < 4.78 is 11.2. The number of hydrogen-bond acceptors (Lipinski definition) is 3. The Morgan fingerprint density at radius 1 is 1.22 bits per heavy atom. The molecule has 0 spiro atoms. The van der Waals surface area contributed by atoms with Crippen molar-refractivity contribution in [2.24, 2.45) is 0 Å². The zero-order valence-corrected chi connectivity index (χ0v) is 13.8. The third-order valence-corrected chi connectivity index (χ3v) is 4.39. The minimum absolute atomic E-state index is 0.0763. The first kappa shape index (κ1) is 15.4. The Kier molecular flexibility index (Phi) is 3.99. The first-order valence-electron chi connectivity index (χ1n) is 7.77. The maximum absolute atomic E-state index is 12.7. The van der Waals surface area contributed by atoms with Crippen molar-refractivity contribution in [1.82, 2.24) is 0 Å². The van der Waals surface area contributed by atoms with Gasteiger partial charge in [0, 0.05) is 11.5 Å². The van der Waals surface area contributed by atoms with E-state index in [2.05, 4.69) is 12.2 Å². The minimum Gasteiger partial charge on any atom is -0.495 e. The summed E-state index contributed by atoms with van der Waals surface area (Å²) in [5, 5.41) is 2.93. The summed E-state index contributed by atoms with van der Waals surface area (Å²) in [6, 6.07) is 11.4. The summed E-state index contributed by atoms with van der Waals surface area (Å²) >= 11 is 0. The maximum atomic E-state index is 12.7. The molecule has 3 rings (SSSR count). The van der Waals surface area contributed by atoms with Gasteiger partial charge in [-0.05, 0) is 37.6 Å². The van der Waals surface area contributed by atoms with E-state index in [1.165, 1.54) is 0 Å². The molecule has 1 heterocycles. The van der Waals surface area contributed by atoms with Crippen LogP contribution in [-0.4, -0.2) is 19.1 Å². The first-order chi connectivity index (χ1) is 11.0. The van der Waals surface area contributed by atoms with Crippen molar-refractivity contribution in [3.8, 4) is 11.5 Å². The molecule has 120 valence electrons. The molecule has 2 aromatic rings. The third-order valence-electron chi connectivity index (χ3n) is 4.39. The number of fused-ring (bicyclic) bond motifs is 1. The Morgan fingerprint density at radius 2 is 2.00 bits per heavy atom. The van der Waals surface area contributed by atoms with Gasteiger partial charge in [0.15, 0.2) is 0 Å². The van der Waals surface area contributed by atoms with Gasteiger partial charge < -0.3 is 14.8 Å². The van der Waals surface area contributed by atoms with E-state index in [1.807, 2.05) is 44.2 Å². The summed E-state index contributed by atoms with van der Waals surface area (Å²) in [5.74, 6) is 1.43. The van der Waals surface area contributed by atoms with Gasteiger partial charge in [0.05, 0.1) is 18.4 Å². The van der Waals surface area contributed by atoms with Crippen LogP contribution in [-0.2, 0) is 0 Å². The SMILES string of the molecule is COc1ccc(C)cc1NC(=O)c1cccc2c1OC(C)C2C. The molecular weight excluding hydrogens is 290 g/mol. The van der Waals surface area contributed by atoms with Crippen LogP contribution in [0.2, 0.25) is 0 Å². The lowest BCUT2D eigenvalue weighted by Crippen LogP contribution is -2.15. The van der Waals surface area contributed by atoms with E-state index in [9.17, 15) is 4.79 Å². The van der Waals surface area contributed by atoms with Crippen molar-refractivity contribution >= 4 is 11.6 Å². The van der Waals surface area contributed by atoms with Gasteiger partial charge in [-0.2, -0.15) is 0 Å². The van der Waals surface area contributed by atoms with Crippen molar-refractivity contribution in [3.05, 3.63) is 53.1 Å². The zero-order valence-electron chi connectivity index (χ0n) is 13.8. The molecule has 0 radical (unpaired) electrons. The van der Waals surface area contributed by atoms with Crippen LogP contribution in [0.25, 0.3) is 0 Å². The fraction of sp³-hybridized carbons (Fsp3) is 0.316. The van der Waals surface area contributed by atoms with Crippen molar-refractivity contribution in [2.45, 2.75) is 32.8 Å². The molecule has 1 aliphatic heterocycles. The number of methoxy groups -OCH3 is 1. The average Bonchev–Trinajstić information content (AvgIpc) is 2.82. The predicted octanol–water partition coefficient (Wildman–Crippen LogP) is 4.14. The molecule has 2 unspecified atom stereocenters. The second-order valence-electron chi connectivity index (χ2n) is 5.99. The average molecular weight is 311 g/mol. The highest BCUT2D eigenvalue weighted by Crippen LogP contribution is 2.40. The number of carbonyl (C=O) groups is 1. The highest BCUT2D eigenvalue weighted by Gasteiger charge is 2.31. The monoisotopic (exact) mass is 311 g/mol. The van der Waals surface area contributed by atoms with Crippen LogP contribution in [0.3, 0.4) is 0 Å². The van der Waals surface area contributed by atoms with Crippen LogP contribution in [0.1, 0.15) is 41.3 Å². The number of anilines is 1. The van der Waals surface area contributed by atoms with Gasteiger partial charge >= 0.3 is 0 Å². The molecule has 4 nitrogen and oxygen atoms in total. The van der Waals surface area contributed by atoms with Crippen molar-refractivity contribution in [3.63, 3.8) is 0 Å². The third kappa shape index (κ3) is 2.77. The normalized spacial score (nSPS) is 19.0. The van der Waals surface area contributed by atoms with Gasteiger partial charge in [-0.15, -0.1) is 0 Å². The minimum atomic E-state index is -0.188. The highest BCUT2D eigenvalue weighted by atomic mass is 16.5. The van der Waals surface area contributed by atoms with Crippen molar-refractivity contribution in [1.29, 1.82) is 0 Å². The smallest absolute Gasteiger partial charge is 0.259 e. The molecule has 1 amide bonds. The molecule has 0 bridgehead atoms. The molecular formula is C19H21NO3. The summed E-state index contributed by atoms with van der Waals surface area (Å²) in [7, 11) is 1.59. The number of ether oxygens (including phenoxy) is 2. The maximum Gasteiger partial charge on any atom is 0.259 e. The van der Waals surface area contributed by atoms with Crippen LogP contribution < -0.4 is 14.8 Å². The van der Waals surface area contributed by atoms with Crippen molar-refractivity contribution in [2.75, 3.05) is 12.4 Å². The Labute approximate surface area is 136 Å². The lowest BCUT2D eigenvalue weighted by Gasteiger charge is -2.13. The molecule has 1 aliphatic rings.